The molecule has 5 rings (SSSR count). The van der Waals surface area contributed by atoms with Crippen LogP contribution in [0.4, 0.5) is 13.2 Å². The van der Waals surface area contributed by atoms with Gasteiger partial charge in [0.15, 0.2) is 0 Å². The molecule has 39 heavy (non-hydrogen) atoms. The number of carbonyl (C=O) groups is 3. The summed E-state index contributed by atoms with van der Waals surface area (Å²) in [5.41, 5.74) is 0.678. The molecule has 1 N–H and O–H groups in total. The van der Waals surface area contributed by atoms with Gasteiger partial charge in [-0.15, -0.1) is 0 Å². The molecule has 0 bridgehead atoms. The third-order valence-electron chi connectivity index (χ3n) is 7.82. The number of piperidine rings is 1. The number of carbonyl (C=O) groups excluding carboxylic acids is 3. The molecule has 0 aliphatic carbocycles. The molecular formula is C29H31F3N4O3. The van der Waals surface area contributed by atoms with Crippen molar-refractivity contribution in [1.82, 2.24) is 20.0 Å². The van der Waals surface area contributed by atoms with Crippen LogP contribution < -0.4 is 5.32 Å². The maximum atomic E-state index is 13.8. The largest absolute Gasteiger partial charge is 0.471 e. The lowest BCUT2D eigenvalue weighted by Gasteiger charge is -2.45. The first-order valence-corrected chi connectivity index (χ1v) is 13.3. The number of nitrogens with zero attached hydrogens (tertiary/aromatic N) is 3. The highest BCUT2D eigenvalue weighted by atomic mass is 19.4. The van der Waals surface area contributed by atoms with Crippen LogP contribution in [0.2, 0.25) is 0 Å². The van der Waals surface area contributed by atoms with Crippen LogP contribution in [0.1, 0.15) is 30.1 Å². The minimum atomic E-state index is -5.04. The van der Waals surface area contributed by atoms with Crippen LogP contribution >= 0.6 is 0 Å². The molecular weight excluding hydrogens is 509 g/mol. The van der Waals surface area contributed by atoms with Crippen molar-refractivity contribution < 1.29 is 27.6 Å². The van der Waals surface area contributed by atoms with E-state index >= 15 is 0 Å². The number of fused-ring (bicyclic) bond motifs is 2. The molecule has 10 heteroatoms. The lowest BCUT2D eigenvalue weighted by Crippen LogP contribution is -2.64. The van der Waals surface area contributed by atoms with Crippen molar-refractivity contribution in [3.05, 3.63) is 60.2 Å². The highest BCUT2D eigenvalue weighted by Crippen LogP contribution is 2.31. The minimum absolute atomic E-state index is 0.00150. The van der Waals surface area contributed by atoms with Gasteiger partial charge in [0.25, 0.3) is 5.91 Å². The maximum Gasteiger partial charge on any atom is 0.471 e. The highest BCUT2D eigenvalue weighted by molar-refractivity contribution is 6.18. The molecule has 7 nitrogen and oxygen atoms in total. The maximum absolute atomic E-state index is 13.8. The monoisotopic (exact) mass is 540 g/mol. The third-order valence-corrected chi connectivity index (χ3v) is 7.82. The van der Waals surface area contributed by atoms with Gasteiger partial charge < -0.3 is 15.1 Å². The fraction of sp³-hybridized carbons (Fsp3) is 0.414. The summed E-state index contributed by atoms with van der Waals surface area (Å²) in [6.45, 7) is 3.02. The first kappa shape index (κ1) is 26.9. The highest BCUT2D eigenvalue weighted by Gasteiger charge is 2.48. The Kier molecular flexibility index (Phi) is 7.48. The fourth-order valence-electron chi connectivity index (χ4n) is 5.89. The van der Waals surface area contributed by atoms with E-state index in [2.05, 4.69) is 11.4 Å². The molecule has 2 saturated heterocycles. The van der Waals surface area contributed by atoms with Gasteiger partial charge in [0.1, 0.15) is 6.04 Å². The number of nitrogens with one attached hydrogen (secondary N) is 1. The smallest absolute Gasteiger partial charge is 0.355 e. The quantitative estimate of drug-likeness (QED) is 0.511. The molecule has 3 amide bonds. The molecule has 2 fully saturated rings. The SMILES string of the molecule is CCNC(=O)C1CN(C2CCN(C(=O)c3c4ccccc4cc4ccccc34)CC2)CCN1C(=O)C(F)(F)F. The number of hydrogen-bond donors (Lipinski definition) is 1. The predicted octanol–water partition coefficient (Wildman–Crippen LogP) is 3.81. The first-order chi connectivity index (χ1) is 18.7. The number of likely N-dealkylation sites (tertiary alicyclic amines) is 1. The summed E-state index contributed by atoms with van der Waals surface area (Å²) in [5.74, 6) is -2.61. The zero-order chi connectivity index (χ0) is 27.7. The number of halogens is 3. The second-order valence-electron chi connectivity index (χ2n) is 10.1. The molecule has 0 spiro atoms. The van der Waals surface area contributed by atoms with Crippen LogP contribution in [0, 0.1) is 0 Å². The second-order valence-corrected chi connectivity index (χ2v) is 10.1. The van der Waals surface area contributed by atoms with Gasteiger partial charge in [-0.3, -0.25) is 19.3 Å². The molecule has 2 heterocycles. The van der Waals surface area contributed by atoms with Gasteiger partial charge in [-0.2, -0.15) is 13.2 Å². The van der Waals surface area contributed by atoms with E-state index in [4.69, 9.17) is 0 Å². The summed E-state index contributed by atoms with van der Waals surface area (Å²) < 4.78 is 39.6. The van der Waals surface area contributed by atoms with E-state index in [-0.39, 0.29) is 38.1 Å². The van der Waals surface area contributed by atoms with Crippen molar-refractivity contribution in [3.8, 4) is 0 Å². The molecule has 3 aromatic rings. The molecule has 1 unspecified atom stereocenters. The van der Waals surface area contributed by atoms with Crippen molar-refractivity contribution in [1.29, 1.82) is 0 Å². The van der Waals surface area contributed by atoms with Gasteiger partial charge in [0.2, 0.25) is 5.91 Å². The number of amides is 3. The van der Waals surface area contributed by atoms with Crippen LogP contribution in [-0.2, 0) is 9.59 Å². The molecule has 1 atom stereocenters. The van der Waals surface area contributed by atoms with Crippen LogP contribution in [0.15, 0.2) is 54.6 Å². The lowest BCUT2D eigenvalue weighted by atomic mass is 9.94. The van der Waals surface area contributed by atoms with Gasteiger partial charge in [-0.05, 0) is 47.4 Å². The van der Waals surface area contributed by atoms with Gasteiger partial charge >= 0.3 is 12.1 Å². The van der Waals surface area contributed by atoms with Gasteiger partial charge in [-0.1, -0.05) is 48.5 Å². The molecule has 0 aromatic heterocycles. The Bertz CT molecular complexity index is 1350. The van der Waals surface area contributed by atoms with E-state index < -0.39 is 24.0 Å². The molecule has 0 radical (unpaired) electrons. The summed E-state index contributed by atoms with van der Waals surface area (Å²) in [5, 5.41) is 6.36. The van der Waals surface area contributed by atoms with E-state index in [9.17, 15) is 27.6 Å². The topological polar surface area (TPSA) is 73.0 Å². The molecule has 2 aliphatic rings. The summed E-state index contributed by atoms with van der Waals surface area (Å²) in [6.07, 6.45) is -3.78. The zero-order valence-electron chi connectivity index (χ0n) is 21.7. The average Bonchev–Trinajstić information content (AvgIpc) is 2.94. The number of hydrogen-bond acceptors (Lipinski definition) is 4. The summed E-state index contributed by atoms with van der Waals surface area (Å²) in [7, 11) is 0. The van der Waals surface area contributed by atoms with Crippen molar-refractivity contribution >= 4 is 39.3 Å². The number of rotatable bonds is 4. The van der Waals surface area contributed by atoms with E-state index in [0.717, 1.165) is 21.5 Å². The summed E-state index contributed by atoms with van der Waals surface area (Å²) >= 11 is 0. The number of piperazine rings is 1. The number of alkyl halides is 3. The first-order valence-electron chi connectivity index (χ1n) is 13.3. The Morgan fingerprint density at radius 1 is 0.897 bits per heavy atom. The van der Waals surface area contributed by atoms with Crippen molar-refractivity contribution in [2.75, 3.05) is 39.3 Å². The van der Waals surface area contributed by atoms with E-state index in [1.807, 2.05) is 58.3 Å². The molecule has 3 aromatic carbocycles. The Hall–Kier alpha value is -3.66. The fourth-order valence-corrected chi connectivity index (χ4v) is 5.89. The molecule has 2 aliphatic heterocycles. The Balaban J connectivity index is 1.31. The van der Waals surface area contributed by atoms with Crippen molar-refractivity contribution in [2.24, 2.45) is 0 Å². The van der Waals surface area contributed by atoms with Crippen LogP contribution in [0.3, 0.4) is 0 Å². The third kappa shape index (κ3) is 5.30. The van der Waals surface area contributed by atoms with Crippen LogP contribution in [-0.4, -0.2) is 89.9 Å². The summed E-state index contributed by atoms with van der Waals surface area (Å²) in [6, 6.07) is 16.5. The van der Waals surface area contributed by atoms with E-state index in [1.54, 1.807) is 6.92 Å². The lowest BCUT2D eigenvalue weighted by molar-refractivity contribution is -0.191. The van der Waals surface area contributed by atoms with Crippen molar-refractivity contribution in [2.45, 2.75) is 38.0 Å². The van der Waals surface area contributed by atoms with E-state index in [1.165, 1.54) is 0 Å². The van der Waals surface area contributed by atoms with Crippen LogP contribution in [0.5, 0.6) is 0 Å². The van der Waals surface area contributed by atoms with E-state index in [0.29, 0.717) is 36.4 Å². The normalized spacial score (nSPS) is 19.4. The zero-order valence-corrected chi connectivity index (χ0v) is 21.7. The Morgan fingerprint density at radius 2 is 1.49 bits per heavy atom. The molecule has 0 saturated carbocycles. The van der Waals surface area contributed by atoms with Gasteiger partial charge in [0.05, 0.1) is 5.56 Å². The van der Waals surface area contributed by atoms with Crippen LogP contribution in [0.25, 0.3) is 21.5 Å². The minimum Gasteiger partial charge on any atom is -0.355 e. The Labute approximate surface area is 224 Å². The van der Waals surface area contributed by atoms with Gasteiger partial charge in [-0.25, -0.2) is 0 Å². The second kappa shape index (κ2) is 10.8. The molecule has 206 valence electrons. The average molecular weight is 541 g/mol. The van der Waals surface area contributed by atoms with Crippen molar-refractivity contribution in [3.63, 3.8) is 0 Å². The summed E-state index contributed by atoms with van der Waals surface area (Å²) in [4.78, 5) is 43.0. The standard InChI is InChI=1S/C29H31F3N4O3/c1-2-33-26(37)24-18-35(15-16-36(24)28(39)29(30,31)32)21-11-13-34(14-12-21)27(38)25-22-9-5-3-7-19(22)17-20-8-4-6-10-23(20)25/h3-10,17,21,24H,2,11-16,18H2,1H3,(H,33,37). The predicted molar refractivity (Wildman–Crippen MR) is 142 cm³/mol. The Morgan fingerprint density at radius 3 is 2.05 bits per heavy atom. The van der Waals surface area contributed by atoms with Gasteiger partial charge in [0, 0.05) is 45.3 Å². The number of likely N-dealkylation sites (N-methyl/N-ethyl adjacent to an activating group) is 1. The number of benzene rings is 3.